The molecule has 0 atom stereocenters. The summed E-state index contributed by atoms with van der Waals surface area (Å²) in [5.74, 6) is 5.39. The highest BCUT2D eigenvalue weighted by Crippen LogP contribution is 1.67. The van der Waals surface area contributed by atoms with E-state index in [2.05, 4.69) is 23.2 Å². The molecule has 1 nitrogen and oxygen atoms in total. The molecule has 0 aromatic rings. The molecule has 38 valence electrons. The van der Waals surface area contributed by atoms with Crippen LogP contribution in [0.1, 0.15) is 6.92 Å². The zero-order valence-corrected chi connectivity index (χ0v) is 4.40. The Balaban J connectivity index is 2.92. The number of rotatable bonds is 2. The Kier molecular flexibility index (Phi) is 4.44. The van der Waals surface area contributed by atoms with Gasteiger partial charge < -0.3 is 4.74 Å². The maximum absolute atomic E-state index is 4.66. The van der Waals surface area contributed by atoms with Crippen molar-refractivity contribution in [3.05, 3.63) is 12.8 Å². The predicted molar refractivity (Wildman–Crippen MR) is 29.6 cm³/mol. The van der Waals surface area contributed by atoms with Gasteiger partial charge in [0, 0.05) is 0 Å². The van der Waals surface area contributed by atoms with Gasteiger partial charge in [-0.25, -0.2) is 0 Å². The van der Waals surface area contributed by atoms with E-state index in [-0.39, 0.29) is 0 Å². The van der Waals surface area contributed by atoms with E-state index >= 15 is 0 Å². The first-order chi connectivity index (χ1) is 3.41. The van der Waals surface area contributed by atoms with E-state index in [1.807, 2.05) is 0 Å². The van der Waals surface area contributed by atoms with Gasteiger partial charge in [-0.15, -0.1) is 5.92 Å². The first-order valence-electron chi connectivity index (χ1n) is 2.04. The van der Waals surface area contributed by atoms with Gasteiger partial charge in [-0.05, 0) is 6.92 Å². The summed E-state index contributed by atoms with van der Waals surface area (Å²) in [4.78, 5) is 0. The van der Waals surface area contributed by atoms with Gasteiger partial charge in [0.15, 0.2) is 0 Å². The molecule has 0 fully saturated rings. The lowest BCUT2D eigenvalue weighted by Gasteiger charge is -1.85. The van der Waals surface area contributed by atoms with E-state index in [4.69, 9.17) is 0 Å². The molecule has 0 amide bonds. The molecule has 0 saturated heterocycles. The van der Waals surface area contributed by atoms with Crippen LogP contribution in [-0.4, -0.2) is 6.61 Å². The third-order valence-corrected chi connectivity index (χ3v) is 0.450. The summed E-state index contributed by atoms with van der Waals surface area (Å²) in [5.41, 5.74) is 0. The smallest absolute Gasteiger partial charge is 0.148 e. The average molecular weight is 96.1 g/mol. The van der Waals surface area contributed by atoms with Crippen molar-refractivity contribution in [3.8, 4) is 11.8 Å². The van der Waals surface area contributed by atoms with Crippen molar-refractivity contribution in [1.82, 2.24) is 0 Å². The van der Waals surface area contributed by atoms with Crippen LogP contribution in [-0.2, 0) is 4.74 Å². The monoisotopic (exact) mass is 96.1 g/mol. The highest BCUT2D eigenvalue weighted by atomic mass is 16.5. The van der Waals surface area contributed by atoms with Gasteiger partial charge in [0.2, 0.25) is 0 Å². The first-order valence-corrected chi connectivity index (χ1v) is 2.04. The van der Waals surface area contributed by atoms with Crippen molar-refractivity contribution < 1.29 is 4.74 Å². The Morgan fingerprint density at radius 1 is 1.86 bits per heavy atom. The van der Waals surface area contributed by atoms with Crippen molar-refractivity contribution in [2.75, 3.05) is 6.61 Å². The summed E-state index contributed by atoms with van der Waals surface area (Å²) in [5, 5.41) is 0. The van der Waals surface area contributed by atoms with Crippen molar-refractivity contribution in [3.63, 3.8) is 0 Å². The van der Waals surface area contributed by atoms with Gasteiger partial charge in [0.25, 0.3) is 0 Å². The van der Waals surface area contributed by atoms with Crippen LogP contribution in [0.2, 0.25) is 0 Å². The van der Waals surface area contributed by atoms with Crippen molar-refractivity contribution >= 4 is 0 Å². The van der Waals surface area contributed by atoms with Gasteiger partial charge in [0.1, 0.15) is 6.61 Å². The Morgan fingerprint density at radius 3 is 3.00 bits per heavy atom. The molecule has 0 N–H and O–H groups in total. The second-order valence-corrected chi connectivity index (χ2v) is 0.904. The topological polar surface area (TPSA) is 9.23 Å². The molecule has 0 unspecified atom stereocenters. The Bertz CT molecular complexity index is 94.5. The number of ether oxygens (including phenoxy) is 1. The fourth-order valence-electron chi connectivity index (χ4n) is 0.173. The van der Waals surface area contributed by atoms with Crippen molar-refractivity contribution in [2.45, 2.75) is 6.92 Å². The maximum Gasteiger partial charge on any atom is 0.148 e. The van der Waals surface area contributed by atoms with E-state index in [1.54, 1.807) is 6.92 Å². The zero-order valence-electron chi connectivity index (χ0n) is 4.40. The highest BCUT2D eigenvalue weighted by Gasteiger charge is 1.63. The van der Waals surface area contributed by atoms with Crippen LogP contribution in [0.3, 0.4) is 0 Å². The predicted octanol–water partition coefficient (Wildman–Crippen LogP) is 1.17. The Morgan fingerprint density at radius 2 is 2.57 bits per heavy atom. The quantitative estimate of drug-likeness (QED) is 0.285. The highest BCUT2D eigenvalue weighted by molar-refractivity contribution is 4.95. The molecule has 0 aliphatic heterocycles. The summed E-state index contributed by atoms with van der Waals surface area (Å²) in [7, 11) is 0. The lowest BCUT2D eigenvalue weighted by atomic mass is 10.6. The molecule has 0 spiro atoms. The van der Waals surface area contributed by atoms with Crippen LogP contribution in [0.4, 0.5) is 0 Å². The van der Waals surface area contributed by atoms with Gasteiger partial charge in [0.05, 0.1) is 6.26 Å². The molecule has 0 heterocycles. The normalized spacial score (nSPS) is 5.86. The molecule has 0 aromatic heterocycles. The van der Waals surface area contributed by atoms with Crippen LogP contribution >= 0.6 is 0 Å². The molecule has 0 aliphatic rings. The number of hydrogen-bond donors (Lipinski definition) is 0. The third kappa shape index (κ3) is 5.10. The summed E-state index contributed by atoms with van der Waals surface area (Å²) >= 11 is 0. The standard InChI is InChI=1S/C6H8O/c1-3-5-6-7-4-2/h4H,2,6H2,1H3. The largest absolute Gasteiger partial charge is 0.489 e. The molecule has 0 radical (unpaired) electrons. The molecule has 0 aromatic carbocycles. The van der Waals surface area contributed by atoms with E-state index in [0.717, 1.165) is 0 Å². The van der Waals surface area contributed by atoms with Crippen molar-refractivity contribution in [2.24, 2.45) is 0 Å². The van der Waals surface area contributed by atoms with Crippen LogP contribution in [0, 0.1) is 11.8 Å². The van der Waals surface area contributed by atoms with Crippen LogP contribution in [0.25, 0.3) is 0 Å². The first kappa shape index (κ1) is 6.10. The summed E-state index contributed by atoms with van der Waals surface area (Å²) in [6.45, 7) is 5.57. The third-order valence-electron chi connectivity index (χ3n) is 0.450. The molecule has 0 aliphatic carbocycles. The van der Waals surface area contributed by atoms with Crippen molar-refractivity contribution in [1.29, 1.82) is 0 Å². The molecule has 0 bridgehead atoms. The minimum atomic E-state index is 0.458. The molecule has 0 saturated carbocycles. The molecular formula is C6H8O. The van der Waals surface area contributed by atoms with Gasteiger partial charge in [-0.3, -0.25) is 0 Å². The summed E-state index contributed by atoms with van der Waals surface area (Å²) in [6.07, 6.45) is 1.38. The van der Waals surface area contributed by atoms with Gasteiger partial charge in [-0.2, -0.15) is 0 Å². The molecule has 1 heteroatoms. The SMILES string of the molecule is C=COCC#CC. The average Bonchev–Trinajstić information content (AvgIpc) is 1.69. The van der Waals surface area contributed by atoms with E-state index < -0.39 is 0 Å². The molecular weight excluding hydrogens is 88.1 g/mol. The van der Waals surface area contributed by atoms with Crippen LogP contribution in [0.15, 0.2) is 12.8 Å². The molecule has 7 heavy (non-hydrogen) atoms. The van der Waals surface area contributed by atoms with Gasteiger partial charge >= 0.3 is 0 Å². The van der Waals surface area contributed by atoms with E-state index in [0.29, 0.717) is 6.61 Å². The summed E-state index contributed by atoms with van der Waals surface area (Å²) < 4.78 is 4.66. The second kappa shape index (κ2) is 5.10. The van der Waals surface area contributed by atoms with E-state index in [9.17, 15) is 0 Å². The minimum Gasteiger partial charge on any atom is -0.489 e. The van der Waals surface area contributed by atoms with Crippen LogP contribution in [0.5, 0.6) is 0 Å². The number of hydrogen-bond acceptors (Lipinski definition) is 1. The molecule has 0 rings (SSSR count). The summed E-state index contributed by atoms with van der Waals surface area (Å²) in [6, 6.07) is 0. The van der Waals surface area contributed by atoms with Crippen LogP contribution < -0.4 is 0 Å². The Hall–Kier alpha value is -0.900. The van der Waals surface area contributed by atoms with Gasteiger partial charge in [-0.1, -0.05) is 12.5 Å². The lowest BCUT2D eigenvalue weighted by Crippen LogP contribution is -1.77. The fourth-order valence-corrected chi connectivity index (χ4v) is 0.173. The zero-order chi connectivity index (χ0) is 5.54. The lowest BCUT2D eigenvalue weighted by molar-refractivity contribution is 0.298. The minimum absolute atomic E-state index is 0.458. The van der Waals surface area contributed by atoms with E-state index in [1.165, 1.54) is 6.26 Å². The Labute approximate surface area is 44.0 Å². The maximum atomic E-state index is 4.66. The fraction of sp³-hybridized carbons (Fsp3) is 0.333. The second-order valence-electron chi connectivity index (χ2n) is 0.904.